The van der Waals surface area contributed by atoms with Gasteiger partial charge in [-0.25, -0.2) is 4.98 Å². The summed E-state index contributed by atoms with van der Waals surface area (Å²) in [6.07, 6.45) is 4.48. The lowest BCUT2D eigenvalue weighted by molar-refractivity contribution is 1.01. The summed E-state index contributed by atoms with van der Waals surface area (Å²) >= 11 is 0. The Morgan fingerprint density at radius 3 is 2.81 bits per heavy atom. The molecule has 0 aliphatic heterocycles. The van der Waals surface area contributed by atoms with Crippen LogP contribution in [0, 0.1) is 6.92 Å². The molecule has 4 heteroatoms. The standard InChI is InChI=1S/C17H18N4/c1-12-7-10-20-17(15(12)18)21-11-8-14-5-2-4-13-6-3-9-19-16(13)14/h2-7,9-10H,8,11,18H2,1H3,(H,20,21). The summed E-state index contributed by atoms with van der Waals surface area (Å²) in [5.41, 5.74) is 10.1. The molecule has 0 amide bonds. The Balaban J connectivity index is 1.74. The van der Waals surface area contributed by atoms with Crippen molar-refractivity contribution in [2.45, 2.75) is 13.3 Å². The number of rotatable bonds is 4. The number of pyridine rings is 2. The van der Waals surface area contributed by atoms with E-state index in [2.05, 4.69) is 39.6 Å². The highest BCUT2D eigenvalue weighted by molar-refractivity contribution is 5.81. The van der Waals surface area contributed by atoms with Gasteiger partial charge in [0.05, 0.1) is 11.2 Å². The second kappa shape index (κ2) is 5.79. The van der Waals surface area contributed by atoms with Crippen molar-refractivity contribution in [3.8, 4) is 0 Å². The van der Waals surface area contributed by atoms with E-state index in [4.69, 9.17) is 5.73 Å². The molecule has 1 aromatic carbocycles. The molecule has 0 unspecified atom stereocenters. The van der Waals surface area contributed by atoms with E-state index in [1.54, 1.807) is 6.20 Å². The number of nitrogens with one attached hydrogen (secondary N) is 1. The van der Waals surface area contributed by atoms with E-state index in [1.165, 1.54) is 10.9 Å². The number of anilines is 2. The molecule has 0 aliphatic carbocycles. The lowest BCUT2D eigenvalue weighted by Gasteiger charge is -2.10. The Morgan fingerprint density at radius 2 is 1.90 bits per heavy atom. The third-order valence-electron chi connectivity index (χ3n) is 3.61. The Kier molecular flexibility index (Phi) is 3.69. The van der Waals surface area contributed by atoms with Gasteiger partial charge in [-0.1, -0.05) is 24.3 Å². The molecular formula is C17H18N4. The van der Waals surface area contributed by atoms with Gasteiger partial charge in [-0.2, -0.15) is 0 Å². The zero-order chi connectivity index (χ0) is 14.7. The third-order valence-corrected chi connectivity index (χ3v) is 3.61. The van der Waals surface area contributed by atoms with Crippen molar-refractivity contribution in [1.82, 2.24) is 9.97 Å². The fourth-order valence-electron chi connectivity index (χ4n) is 2.40. The maximum Gasteiger partial charge on any atom is 0.149 e. The summed E-state index contributed by atoms with van der Waals surface area (Å²) in [6.45, 7) is 2.76. The van der Waals surface area contributed by atoms with Crippen LogP contribution in [0.3, 0.4) is 0 Å². The van der Waals surface area contributed by atoms with Gasteiger partial charge in [-0.15, -0.1) is 0 Å². The van der Waals surface area contributed by atoms with Gasteiger partial charge in [-0.05, 0) is 36.6 Å². The number of para-hydroxylation sites is 1. The average molecular weight is 278 g/mol. The van der Waals surface area contributed by atoms with E-state index in [9.17, 15) is 0 Å². The second-order valence-electron chi connectivity index (χ2n) is 5.06. The first-order chi connectivity index (χ1) is 10.3. The van der Waals surface area contributed by atoms with Crippen molar-refractivity contribution in [2.24, 2.45) is 0 Å². The molecule has 2 heterocycles. The fourth-order valence-corrected chi connectivity index (χ4v) is 2.40. The number of fused-ring (bicyclic) bond motifs is 1. The maximum atomic E-state index is 6.02. The van der Waals surface area contributed by atoms with Crippen LogP contribution in [-0.4, -0.2) is 16.5 Å². The Labute approximate surface area is 124 Å². The molecule has 4 nitrogen and oxygen atoms in total. The highest BCUT2D eigenvalue weighted by Crippen LogP contribution is 2.20. The third kappa shape index (κ3) is 2.79. The molecule has 0 fully saturated rings. The Morgan fingerprint density at radius 1 is 1.05 bits per heavy atom. The predicted molar refractivity (Wildman–Crippen MR) is 87.3 cm³/mol. The van der Waals surface area contributed by atoms with Gasteiger partial charge in [0.2, 0.25) is 0 Å². The van der Waals surface area contributed by atoms with E-state index in [0.717, 1.165) is 29.9 Å². The van der Waals surface area contributed by atoms with Crippen LogP contribution in [0.5, 0.6) is 0 Å². The van der Waals surface area contributed by atoms with Crippen LogP contribution >= 0.6 is 0 Å². The van der Waals surface area contributed by atoms with Gasteiger partial charge in [0.1, 0.15) is 5.82 Å². The van der Waals surface area contributed by atoms with E-state index >= 15 is 0 Å². The number of aromatic nitrogens is 2. The minimum absolute atomic E-state index is 0.716. The minimum atomic E-state index is 0.716. The van der Waals surface area contributed by atoms with Crippen molar-refractivity contribution in [1.29, 1.82) is 0 Å². The van der Waals surface area contributed by atoms with Crippen molar-refractivity contribution < 1.29 is 0 Å². The van der Waals surface area contributed by atoms with Gasteiger partial charge >= 0.3 is 0 Å². The van der Waals surface area contributed by atoms with E-state index in [0.29, 0.717) is 5.69 Å². The van der Waals surface area contributed by atoms with Gasteiger partial charge in [0.15, 0.2) is 0 Å². The average Bonchev–Trinajstić information content (AvgIpc) is 2.52. The molecule has 0 spiro atoms. The van der Waals surface area contributed by atoms with Crippen molar-refractivity contribution in [2.75, 3.05) is 17.6 Å². The number of nitrogen functional groups attached to an aromatic ring is 1. The highest BCUT2D eigenvalue weighted by Gasteiger charge is 2.04. The first-order valence-electron chi connectivity index (χ1n) is 7.03. The number of nitrogens with zero attached hydrogens (tertiary/aromatic N) is 2. The van der Waals surface area contributed by atoms with Crippen molar-refractivity contribution in [3.63, 3.8) is 0 Å². The normalized spacial score (nSPS) is 10.7. The minimum Gasteiger partial charge on any atom is -0.396 e. The van der Waals surface area contributed by atoms with Crippen molar-refractivity contribution >= 4 is 22.4 Å². The molecule has 3 N–H and O–H groups in total. The van der Waals surface area contributed by atoms with Crippen LogP contribution in [0.25, 0.3) is 10.9 Å². The van der Waals surface area contributed by atoms with Gasteiger partial charge in [0, 0.05) is 24.3 Å². The van der Waals surface area contributed by atoms with Crippen LogP contribution in [0.4, 0.5) is 11.5 Å². The summed E-state index contributed by atoms with van der Waals surface area (Å²) in [5.74, 6) is 0.753. The van der Waals surface area contributed by atoms with Crippen molar-refractivity contribution in [3.05, 3.63) is 59.9 Å². The second-order valence-corrected chi connectivity index (χ2v) is 5.06. The maximum absolute atomic E-state index is 6.02. The molecule has 0 aliphatic rings. The molecule has 0 bridgehead atoms. The summed E-state index contributed by atoms with van der Waals surface area (Å²) in [4.78, 5) is 8.75. The monoisotopic (exact) mass is 278 g/mol. The van der Waals surface area contributed by atoms with E-state index < -0.39 is 0 Å². The zero-order valence-electron chi connectivity index (χ0n) is 12.0. The largest absolute Gasteiger partial charge is 0.396 e. The van der Waals surface area contributed by atoms with Gasteiger partial charge < -0.3 is 11.1 Å². The molecule has 106 valence electrons. The lowest BCUT2D eigenvalue weighted by atomic mass is 10.1. The Bertz CT molecular complexity index is 762. The number of hydrogen-bond donors (Lipinski definition) is 2. The van der Waals surface area contributed by atoms with Crippen LogP contribution in [0.1, 0.15) is 11.1 Å². The predicted octanol–water partition coefficient (Wildman–Crippen LogP) is 3.18. The van der Waals surface area contributed by atoms with E-state index in [1.807, 2.05) is 25.3 Å². The first kappa shape index (κ1) is 13.4. The number of aryl methyl sites for hydroxylation is 1. The lowest BCUT2D eigenvalue weighted by Crippen LogP contribution is -2.09. The Hall–Kier alpha value is -2.62. The molecule has 0 saturated carbocycles. The van der Waals surface area contributed by atoms with E-state index in [-0.39, 0.29) is 0 Å². The van der Waals surface area contributed by atoms with Crippen LogP contribution in [-0.2, 0) is 6.42 Å². The summed E-state index contributed by atoms with van der Waals surface area (Å²) < 4.78 is 0. The smallest absolute Gasteiger partial charge is 0.149 e. The molecule has 0 saturated heterocycles. The molecule has 0 atom stereocenters. The molecule has 21 heavy (non-hydrogen) atoms. The summed E-state index contributed by atoms with van der Waals surface area (Å²) in [6, 6.07) is 12.2. The van der Waals surface area contributed by atoms with Gasteiger partial charge in [-0.3, -0.25) is 4.98 Å². The number of benzene rings is 1. The molecule has 3 aromatic rings. The van der Waals surface area contributed by atoms with Crippen LogP contribution in [0.2, 0.25) is 0 Å². The van der Waals surface area contributed by atoms with Crippen LogP contribution in [0.15, 0.2) is 48.8 Å². The fraction of sp³-hybridized carbons (Fsp3) is 0.176. The number of hydrogen-bond acceptors (Lipinski definition) is 4. The van der Waals surface area contributed by atoms with Crippen LogP contribution < -0.4 is 11.1 Å². The van der Waals surface area contributed by atoms with Gasteiger partial charge in [0.25, 0.3) is 0 Å². The molecule has 2 aromatic heterocycles. The molecule has 3 rings (SSSR count). The SMILES string of the molecule is Cc1ccnc(NCCc2cccc3cccnc23)c1N. The first-order valence-corrected chi connectivity index (χ1v) is 7.03. The topological polar surface area (TPSA) is 63.8 Å². The number of nitrogens with two attached hydrogens (primary N) is 1. The molecule has 0 radical (unpaired) electrons. The summed E-state index contributed by atoms with van der Waals surface area (Å²) in [7, 11) is 0. The zero-order valence-corrected chi connectivity index (χ0v) is 12.0. The summed E-state index contributed by atoms with van der Waals surface area (Å²) in [5, 5.41) is 4.47. The highest BCUT2D eigenvalue weighted by atomic mass is 15.0. The quantitative estimate of drug-likeness (QED) is 0.769. The molecular weight excluding hydrogens is 260 g/mol.